The highest BCUT2D eigenvalue weighted by molar-refractivity contribution is 5.27. The van der Waals surface area contributed by atoms with E-state index < -0.39 is 0 Å². The Bertz CT molecular complexity index is 444. The molecule has 2 aliphatic rings. The molecule has 1 saturated carbocycles. The van der Waals surface area contributed by atoms with Crippen LogP contribution in [0.5, 0.6) is 0 Å². The highest BCUT2D eigenvalue weighted by atomic mass is 19.1. The number of aryl methyl sites for hydroxylation is 1. The fourth-order valence-corrected chi connectivity index (χ4v) is 4.04. The summed E-state index contributed by atoms with van der Waals surface area (Å²) in [5, 5.41) is 3.44. The zero-order valence-corrected chi connectivity index (χ0v) is 13.1. The van der Waals surface area contributed by atoms with Gasteiger partial charge in [-0.25, -0.2) is 4.39 Å². The fraction of sp³-hybridized carbons (Fsp3) is 0.667. The van der Waals surface area contributed by atoms with Crippen LogP contribution in [-0.2, 0) is 0 Å². The van der Waals surface area contributed by atoms with Crippen molar-refractivity contribution in [1.82, 2.24) is 10.2 Å². The van der Waals surface area contributed by atoms with Gasteiger partial charge in [0.1, 0.15) is 5.82 Å². The van der Waals surface area contributed by atoms with Gasteiger partial charge >= 0.3 is 0 Å². The number of hydrogen-bond acceptors (Lipinski definition) is 2. The molecule has 3 heteroatoms. The molecule has 1 N–H and O–H groups in total. The minimum Gasteiger partial charge on any atom is -0.314 e. The molecule has 0 bridgehead atoms. The molecule has 1 aliphatic heterocycles. The summed E-state index contributed by atoms with van der Waals surface area (Å²) in [5.74, 6) is 0.656. The summed E-state index contributed by atoms with van der Waals surface area (Å²) in [6.45, 7) is 6.25. The highest BCUT2D eigenvalue weighted by Gasteiger charge is 2.31. The third kappa shape index (κ3) is 3.46. The molecule has 3 rings (SSSR count). The van der Waals surface area contributed by atoms with Crippen LogP contribution in [0.3, 0.4) is 0 Å². The van der Waals surface area contributed by atoms with Crippen molar-refractivity contribution in [3.63, 3.8) is 0 Å². The van der Waals surface area contributed by atoms with Crippen molar-refractivity contribution in [1.29, 1.82) is 0 Å². The molecule has 1 heterocycles. The van der Waals surface area contributed by atoms with Gasteiger partial charge in [0.15, 0.2) is 0 Å². The molecular formula is C18H27FN2. The van der Waals surface area contributed by atoms with Gasteiger partial charge in [-0.15, -0.1) is 0 Å². The van der Waals surface area contributed by atoms with E-state index in [1.54, 1.807) is 6.07 Å². The second-order valence-electron chi connectivity index (χ2n) is 6.64. The maximum atomic E-state index is 13.6. The van der Waals surface area contributed by atoms with Gasteiger partial charge in [0, 0.05) is 32.2 Å². The van der Waals surface area contributed by atoms with Crippen LogP contribution in [0.25, 0.3) is 0 Å². The minimum absolute atomic E-state index is 0.0820. The minimum atomic E-state index is -0.0820. The Balaban J connectivity index is 1.87. The Hall–Kier alpha value is -0.930. The molecule has 1 aliphatic carbocycles. The lowest BCUT2D eigenvalue weighted by atomic mass is 9.80. The van der Waals surface area contributed by atoms with E-state index in [9.17, 15) is 4.39 Å². The highest BCUT2D eigenvalue weighted by Crippen LogP contribution is 2.38. The summed E-state index contributed by atoms with van der Waals surface area (Å²) in [7, 11) is 0. The zero-order valence-electron chi connectivity index (χ0n) is 13.1. The summed E-state index contributed by atoms with van der Waals surface area (Å²) in [6, 6.07) is 6.23. The van der Waals surface area contributed by atoms with E-state index in [-0.39, 0.29) is 5.82 Å². The van der Waals surface area contributed by atoms with E-state index in [1.807, 2.05) is 13.0 Å². The molecule has 0 spiro atoms. The van der Waals surface area contributed by atoms with Crippen LogP contribution in [0.2, 0.25) is 0 Å². The monoisotopic (exact) mass is 290 g/mol. The topological polar surface area (TPSA) is 15.3 Å². The van der Waals surface area contributed by atoms with Crippen molar-refractivity contribution in [3.8, 4) is 0 Å². The zero-order chi connectivity index (χ0) is 14.7. The fourth-order valence-electron chi connectivity index (χ4n) is 4.04. The first-order valence-electron chi connectivity index (χ1n) is 8.46. The van der Waals surface area contributed by atoms with Crippen molar-refractivity contribution < 1.29 is 4.39 Å². The van der Waals surface area contributed by atoms with Gasteiger partial charge in [-0.3, -0.25) is 4.90 Å². The van der Waals surface area contributed by atoms with Gasteiger partial charge < -0.3 is 5.32 Å². The molecular weight excluding hydrogens is 263 g/mol. The SMILES string of the molecule is Cc1cc([C@@H](C2CCCCC2)N2CCNCC2)ccc1F. The lowest BCUT2D eigenvalue weighted by Gasteiger charge is -2.41. The van der Waals surface area contributed by atoms with Crippen LogP contribution in [0, 0.1) is 18.7 Å². The second-order valence-corrected chi connectivity index (χ2v) is 6.64. The Morgan fingerprint density at radius 2 is 1.86 bits per heavy atom. The normalized spacial score (nSPS) is 23.1. The summed E-state index contributed by atoms with van der Waals surface area (Å²) in [5.41, 5.74) is 2.10. The molecule has 1 aromatic carbocycles. The predicted octanol–water partition coefficient (Wildman–Crippen LogP) is 3.66. The molecule has 0 unspecified atom stereocenters. The average Bonchev–Trinajstić information content (AvgIpc) is 2.53. The quantitative estimate of drug-likeness (QED) is 0.914. The predicted molar refractivity (Wildman–Crippen MR) is 84.9 cm³/mol. The average molecular weight is 290 g/mol. The molecule has 1 saturated heterocycles. The Labute approximate surface area is 127 Å². The molecule has 0 amide bonds. The molecule has 0 radical (unpaired) electrons. The lowest BCUT2D eigenvalue weighted by molar-refractivity contribution is 0.103. The molecule has 1 aromatic rings. The number of hydrogen-bond donors (Lipinski definition) is 1. The van der Waals surface area contributed by atoms with Gasteiger partial charge in [0.05, 0.1) is 0 Å². The number of halogens is 1. The van der Waals surface area contributed by atoms with Crippen LogP contribution in [0.1, 0.15) is 49.3 Å². The van der Waals surface area contributed by atoms with Crippen LogP contribution < -0.4 is 5.32 Å². The van der Waals surface area contributed by atoms with E-state index in [2.05, 4.69) is 16.3 Å². The number of benzene rings is 1. The van der Waals surface area contributed by atoms with Gasteiger partial charge in [-0.05, 0) is 42.9 Å². The number of nitrogens with one attached hydrogen (secondary N) is 1. The molecule has 2 nitrogen and oxygen atoms in total. The maximum absolute atomic E-state index is 13.6. The lowest BCUT2D eigenvalue weighted by Crippen LogP contribution is -2.47. The van der Waals surface area contributed by atoms with E-state index in [0.29, 0.717) is 6.04 Å². The first-order valence-corrected chi connectivity index (χ1v) is 8.46. The summed E-state index contributed by atoms with van der Waals surface area (Å²) < 4.78 is 13.6. The van der Waals surface area contributed by atoms with Crippen LogP contribution in [-0.4, -0.2) is 31.1 Å². The Morgan fingerprint density at radius 3 is 2.52 bits per heavy atom. The van der Waals surface area contributed by atoms with Crippen molar-refractivity contribution in [2.75, 3.05) is 26.2 Å². The number of piperazine rings is 1. The van der Waals surface area contributed by atoms with E-state index in [0.717, 1.165) is 37.7 Å². The first-order chi connectivity index (χ1) is 10.3. The van der Waals surface area contributed by atoms with Crippen molar-refractivity contribution in [3.05, 3.63) is 35.1 Å². The Morgan fingerprint density at radius 1 is 1.14 bits per heavy atom. The van der Waals surface area contributed by atoms with Gasteiger partial charge in [-0.1, -0.05) is 31.4 Å². The molecule has 21 heavy (non-hydrogen) atoms. The molecule has 0 aromatic heterocycles. The van der Waals surface area contributed by atoms with Crippen LogP contribution in [0.15, 0.2) is 18.2 Å². The summed E-state index contributed by atoms with van der Waals surface area (Å²) >= 11 is 0. The summed E-state index contributed by atoms with van der Waals surface area (Å²) in [6.07, 6.45) is 6.74. The molecule has 116 valence electrons. The molecule has 1 atom stereocenters. The van der Waals surface area contributed by atoms with Gasteiger partial charge in [0.25, 0.3) is 0 Å². The van der Waals surface area contributed by atoms with Crippen LogP contribution >= 0.6 is 0 Å². The Kier molecular flexibility index (Phi) is 4.91. The maximum Gasteiger partial charge on any atom is 0.126 e. The van der Waals surface area contributed by atoms with Crippen molar-refractivity contribution >= 4 is 0 Å². The first kappa shape index (κ1) is 15.0. The van der Waals surface area contributed by atoms with Crippen molar-refractivity contribution in [2.45, 2.75) is 45.1 Å². The third-order valence-corrected chi connectivity index (χ3v) is 5.16. The smallest absolute Gasteiger partial charge is 0.126 e. The van der Waals surface area contributed by atoms with Gasteiger partial charge in [0.2, 0.25) is 0 Å². The van der Waals surface area contributed by atoms with E-state index in [1.165, 1.54) is 37.7 Å². The van der Waals surface area contributed by atoms with Crippen molar-refractivity contribution in [2.24, 2.45) is 5.92 Å². The van der Waals surface area contributed by atoms with E-state index in [4.69, 9.17) is 0 Å². The second kappa shape index (κ2) is 6.89. The third-order valence-electron chi connectivity index (χ3n) is 5.16. The number of nitrogens with zero attached hydrogens (tertiary/aromatic N) is 1. The standard InChI is InChI=1S/C18H27FN2/c1-14-13-16(7-8-17(14)19)18(15-5-3-2-4-6-15)21-11-9-20-10-12-21/h7-8,13,15,18,20H,2-6,9-12H2,1H3/t18-/m1/s1. The van der Waals surface area contributed by atoms with E-state index >= 15 is 0 Å². The largest absolute Gasteiger partial charge is 0.314 e. The molecule has 2 fully saturated rings. The van der Waals surface area contributed by atoms with Gasteiger partial charge in [-0.2, -0.15) is 0 Å². The number of rotatable bonds is 3. The summed E-state index contributed by atoms with van der Waals surface area (Å²) in [4.78, 5) is 2.62. The van der Waals surface area contributed by atoms with Crippen LogP contribution in [0.4, 0.5) is 4.39 Å².